The number of pyridine rings is 1. The van der Waals surface area contributed by atoms with E-state index in [-0.39, 0.29) is 22.8 Å². The third-order valence-corrected chi connectivity index (χ3v) is 4.85. The first-order chi connectivity index (χ1) is 11.6. The fourth-order valence-corrected chi connectivity index (χ4v) is 3.06. The lowest BCUT2D eigenvalue weighted by Gasteiger charge is -2.12. The Kier molecular flexibility index (Phi) is 5.70. The SMILES string of the molecule is Cl.O=S(=O)(Cl)c1ccc(Nc2ccnc3cc(C(F)(F)F)ccc23)cc1. The molecule has 0 aliphatic rings. The second-order valence-corrected chi connectivity index (χ2v) is 7.74. The molecule has 3 aromatic rings. The first-order valence-corrected chi connectivity index (χ1v) is 9.23. The van der Waals surface area contributed by atoms with E-state index in [0.29, 0.717) is 16.8 Å². The highest BCUT2D eigenvalue weighted by atomic mass is 35.7. The Morgan fingerprint density at radius 2 is 1.65 bits per heavy atom. The van der Waals surface area contributed by atoms with Gasteiger partial charge in [0.25, 0.3) is 9.05 Å². The molecule has 0 aliphatic carbocycles. The van der Waals surface area contributed by atoms with Crippen LogP contribution >= 0.6 is 23.1 Å². The summed E-state index contributed by atoms with van der Waals surface area (Å²) < 4.78 is 60.9. The van der Waals surface area contributed by atoms with Gasteiger partial charge in [-0.25, -0.2) is 8.42 Å². The average molecular weight is 423 g/mol. The van der Waals surface area contributed by atoms with Crippen LogP contribution in [0.25, 0.3) is 10.9 Å². The molecule has 0 fully saturated rings. The number of hydrogen-bond donors (Lipinski definition) is 1. The van der Waals surface area contributed by atoms with Crippen molar-refractivity contribution < 1.29 is 21.6 Å². The van der Waals surface area contributed by atoms with Crippen molar-refractivity contribution in [3.8, 4) is 0 Å². The van der Waals surface area contributed by atoms with Gasteiger partial charge in [-0.2, -0.15) is 13.2 Å². The summed E-state index contributed by atoms with van der Waals surface area (Å²) in [6.07, 6.45) is -3.05. The number of nitrogens with one attached hydrogen (secondary N) is 1. The molecule has 1 N–H and O–H groups in total. The van der Waals surface area contributed by atoms with Crippen LogP contribution in [0, 0.1) is 0 Å². The third kappa shape index (κ3) is 4.38. The summed E-state index contributed by atoms with van der Waals surface area (Å²) >= 11 is 0. The summed E-state index contributed by atoms with van der Waals surface area (Å²) in [5, 5.41) is 3.53. The number of rotatable bonds is 3. The standard InChI is InChI=1S/C16H10ClF3N2O2S.ClH/c17-25(23,24)12-4-2-11(3-5-12)22-14-7-8-21-15-9-10(16(18,19)20)1-6-13(14)15;/h1-9H,(H,21,22);1H. The van der Waals surface area contributed by atoms with E-state index in [0.717, 1.165) is 12.1 Å². The predicted octanol–water partition coefficient (Wildman–Crippen LogP) is 5.35. The molecule has 0 spiro atoms. The number of alkyl halides is 3. The third-order valence-electron chi connectivity index (χ3n) is 3.48. The fraction of sp³-hybridized carbons (Fsp3) is 0.0625. The minimum absolute atomic E-state index is 0. The van der Waals surface area contributed by atoms with Gasteiger partial charge in [0.05, 0.1) is 16.0 Å². The molecular weight excluding hydrogens is 412 g/mol. The molecule has 0 bridgehead atoms. The summed E-state index contributed by atoms with van der Waals surface area (Å²) in [6.45, 7) is 0. The van der Waals surface area contributed by atoms with Gasteiger partial charge in [-0.05, 0) is 42.5 Å². The molecule has 0 amide bonds. The van der Waals surface area contributed by atoms with E-state index in [1.165, 1.54) is 36.5 Å². The molecule has 2 aromatic carbocycles. The molecule has 0 radical (unpaired) electrons. The van der Waals surface area contributed by atoms with Gasteiger partial charge in [0.15, 0.2) is 0 Å². The van der Waals surface area contributed by atoms with Gasteiger partial charge in [0, 0.05) is 33.6 Å². The second-order valence-electron chi connectivity index (χ2n) is 5.18. The van der Waals surface area contributed by atoms with Crippen molar-refractivity contribution in [2.24, 2.45) is 0 Å². The molecule has 0 atom stereocenters. The molecule has 3 rings (SSSR count). The summed E-state index contributed by atoms with van der Waals surface area (Å²) in [5.41, 5.74) is 0.512. The molecule has 10 heteroatoms. The van der Waals surface area contributed by atoms with Crippen LogP contribution in [-0.2, 0) is 15.2 Å². The largest absolute Gasteiger partial charge is 0.416 e. The van der Waals surface area contributed by atoms with Crippen molar-refractivity contribution >= 4 is 54.4 Å². The summed E-state index contributed by atoms with van der Waals surface area (Å²) in [5.74, 6) is 0. The normalized spacial score (nSPS) is 11.8. The number of anilines is 2. The smallest absolute Gasteiger partial charge is 0.355 e. The van der Waals surface area contributed by atoms with Gasteiger partial charge in [-0.1, -0.05) is 6.07 Å². The van der Waals surface area contributed by atoms with Crippen molar-refractivity contribution in [1.29, 1.82) is 0 Å². The van der Waals surface area contributed by atoms with E-state index in [9.17, 15) is 21.6 Å². The predicted molar refractivity (Wildman–Crippen MR) is 96.8 cm³/mol. The van der Waals surface area contributed by atoms with Gasteiger partial charge >= 0.3 is 6.18 Å². The molecular formula is C16H11Cl2F3N2O2S. The first-order valence-electron chi connectivity index (χ1n) is 6.92. The van der Waals surface area contributed by atoms with Gasteiger partial charge < -0.3 is 5.32 Å². The minimum atomic E-state index is -4.44. The molecule has 1 heterocycles. The summed E-state index contributed by atoms with van der Waals surface area (Å²) in [4.78, 5) is 3.92. The van der Waals surface area contributed by atoms with Gasteiger partial charge in [-0.15, -0.1) is 12.4 Å². The molecule has 0 aliphatic heterocycles. The van der Waals surface area contributed by atoms with Crippen LogP contribution in [0.2, 0.25) is 0 Å². The van der Waals surface area contributed by atoms with Crippen LogP contribution in [0.5, 0.6) is 0 Å². The highest BCUT2D eigenvalue weighted by Gasteiger charge is 2.30. The Bertz CT molecular complexity index is 1040. The van der Waals surface area contributed by atoms with Crippen LogP contribution in [0.4, 0.5) is 24.5 Å². The number of hydrogen-bond acceptors (Lipinski definition) is 4. The Morgan fingerprint density at radius 3 is 2.23 bits per heavy atom. The van der Waals surface area contributed by atoms with Gasteiger partial charge in [-0.3, -0.25) is 4.98 Å². The van der Waals surface area contributed by atoms with E-state index in [4.69, 9.17) is 10.7 Å². The maximum atomic E-state index is 12.8. The average Bonchev–Trinajstić information content (AvgIpc) is 2.53. The Morgan fingerprint density at radius 1 is 1.00 bits per heavy atom. The second kappa shape index (κ2) is 7.30. The Labute approximate surface area is 157 Å². The summed E-state index contributed by atoms with van der Waals surface area (Å²) in [6, 6.07) is 10.6. The zero-order valence-electron chi connectivity index (χ0n) is 12.8. The lowest BCUT2D eigenvalue weighted by Crippen LogP contribution is -2.04. The molecule has 26 heavy (non-hydrogen) atoms. The van der Waals surface area contributed by atoms with E-state index in [1.807, 2.05) is 0 Å². The van der Waals surface area contributed by atoms with E-state index < -0.39 is 20.8 Å². The van der Waals surface area contributed by atoms with E-state index in [1.54, 1.807) is 6.07 Å². The molecule has 0 unspecified atom stereocenters. The highest BCUT2D eigenvalue weighted by molar-refractivity contribution is 8.13. The monoisotopic (exact) mass is 422 g/mol. The number of halogens is 5. The Balaban J connectivity index is 0.00000243. The van der Waals surface area contributed by atoms with E-state index >= 15 is 0 Å². The van der Waals surface area contributed by atoms with Crippen molar-refractivity contribution in [1.82, 2.24) is 4.98 Å². The number of aromatic nitrogens is 1. The molecule has 0 saturated carbocycles. The molecule has 138 valence electrons. The first kappa shape index (κ1) is 20.3. The van der Waals surface area contributed by atoms with E-state index in [2.05, 4.69) is 10.3 Å². The molecule has 1 aromatic heterocycles. The number of fused-ring (bicyclic) bond motifs is 1. The quantitative estimate of drug-likeness (QED) is 0.578. The van der Waals surface area contributed by atoms with Gasteiger partial charge in [0.1, 0.15) is 0 Å². The van der Waals surface area contributed by atoms with Gasteiger partial charge in [0.2, 0.25) is 0 Å². The van der Waals surface area contributed by atoms with Crippen molar-refractivity contribution in [3.63, 3.8) is 0 Å². The number of benzene rings is 2. The van der Waals surface area contributed by atoms with Crippen molar-refractivity contribution in [2.75, 3.05) is 5.32 Å². The van der Waals surface area contributed by atoms with Crippen molar-refractivity contribution in [2.45, 2.75) is 11.1 Å². The number of nitrogens with zero attached hydrogens (tertiary/aromatic N) is 1. The van der Waals surface area contributed by atoms with Crippen molar-refractivity contribution in [3.05, 3.63) is 60.3 Å². The zero-order valence-corrected chi connectivity index (χ0v) is 15.2. The lowest BCUT2D eigenvalue weighted by atomic mass is 10.1. The van der Waals surface area contributed by atoms with Crippen LogP contribution in [0.3, 0.4) is 0 Å². The fourth-order valence-electron chi connectivity index (χ4n) is 2.29. The highest BCUT2D eigenvalue weighted by Crippen LogP contribution is 2.33. The maximum Gasteiger partial charge on any atom is 0.416 e. The summed E-state index contributed by atoms with van der Waals surface area (Å²) in [7, 11) is 1.43. The minimum Gasteiger partial charge on any atom is -0.355 e. The topological polar surface area (TPSA) is 59.1 Å². The lowest BCUT2D eigenvalue weighted by molar-refractivity contribution is -0.137. The van der Waals surface area contributed by atoms with Crippen LogP contribution in [0.1, 0.15) is 5.56 Å². The maximum absolute atomic E-state index is 12.8. The Hall–Kier alpha value is -2.03. The van der Waals surface area contributed by atoms with Crippen LogP contribution in [-0.4, -0.2) is 13.4 Å². The van der Waals surface area contributed by atoms with Crippen LogP contribution < -0.4 is 5.32 Å². The zero-order chi connectivity index (χ0) is 18.2. The van der Waals surface area contributed by atoms with Crippen LogP contribution in [0.15, 0.2) is 59.6 Å². The molecule has 0 saturated heterocycles. The molecule has 4 nitrogen and oxygen atoms in total.